The fourth-order valence-corrected chi connectivity index (χ4v) is 1.80. The zero-order valence-corrected chi connectivity index (χ0v) is 11.1. The first-order chi connectivity index (χ1) is 8.04. The van der Waals surface area contributed by atoms with Gasteiger partial charge in [-0.05, 0) is 19.8 Å². The number of hydrogen-bond acceptors (Lipinski definition) is 4. The number of aromatic nitrogens is 2. The Kier molecular flexibility index (Phi) is 4.38. The molecule has 0 saturated heterocycles. The Labute approximate surface area is 103 Å². The van der Waals surface area contributed by atoms with Gasteiger partial charge in [0.05, 0.1) is 0 Å². The van der Waals surface area contributed by atoms with Gasteiger partial charge in [0, 0.05) is 19.6 Å². The van der Waals surface area contributed by atoms with E-state index < -0.39 is 0 Å². The zero-order valence-electron chi connectivity index (χ0n) is 11.1. The van der Waals surface area contributed by atoms with Gasteiger partial charge in [-0.25, -0.2) is 4.68 Å². The summed E-state index contributed by atoms with van der Waals surface area (Å²) in [6.45, 7) is 10.7. The van der Waals surface area contributed by atoms with Crippen LogP contribution in [0.25, 0.3) is 0 Å². The number of nitriles is 1. The standard InChI is InChI=1S/C12H21N5/c1-5-16(6-2)12-10(7-13)11(14)17(15-12)8-9(3)4/h9H,5-6,8,14H2,1-4H3. The summed E-state index contributed by atoms with van der Waals surface area (Å²) in [5.74, 6) is 1.63. The van der Waals surface area contributed by atoms with Crippen molar-refractivity contribution in [2.45, 2.75) is 34.2 Å². The van der Waals surface area contributed by atoms with E-state index in [0.29, 0.717) is 23.1 Å². The van der Waals surface area contributed by atoms with Crippen LogP contribution in [0.15, 0.2) is 0 Å². The predicted molar refractivity (Wildman–Crippen MR) is 69.8 cm³/mol. The number of anilines is 2. The quantitative estimate of drug-likeness (QED) is 0.845. The maximum absolute atomic E-state index is 9.18. The maximum Gasteiger partial charge on any atom is 0.170 e. The minimum atomic E-state index is 0.452. The average Bonchev–Trinajstić information content (AvgIpc) is 2.57. The zero-order chi connectivity index (χ0) is 13.0. The van der Waals surface area contributed by atoms with E-state index in [2.05, 4.69) is 25.0 Å². The highest BCUT2D eigenvalue weighted by Gasteiger charge is 2.19. The molecule has 0 spiro atoms. The minimum Gasteiger partial charge on any atom is -0.383 e. The highest BCUT2D eigenvalue weighted by atomic mass is 15.4. The van der Waals surface area contributed by atoms with Gasteiger partial charge in [0.25, 0.3) is 0 Å². The topological polar surface area (TPSA) is 70.9 Å². The smallest absolute Gasteiger partial charge is 0.170 e. The molecule has 0 aliphatic heterocycles. The lowest BCUT2D eigenvalue weighted by Gasteiger charge is -2.17. The van der Waals surface area contributed by atoms with Crippen molar-refractivity contribution < 1.29 is 0 Å². The summed E-state index contributed by atoms with van der Waals surface area (Å²) in [6.07, 6.45) is 0. The highest BCUT2D eigenvalue weighted by molar-refractivity contribution is 5.64. The first kappa shape index (κ1) is 13.4. The van der Waals surface area contributed by atoms with Crippen molar-refractivity contribution in [3.63, 3.8) is 0 Å². The molecule has 5 nitrogen and oxygen atoms in total. The van der Waals surface area contributed by atoms with E-state index in [1.54, 1.807) is 4.68 Å². The minimum absolute atomic E-state index is 0.452. The van der Waals surface area contributed by atoms with E-state index in [0.717, 1.165) is 19.6 Å². The Morgan fingerprint density at radius 1 is 1.41 bits per heavy atom. The van der Waals surface area contributed by atoms with Crippen molar-refractivity contribution in [3.05, 3.63) is 5.56 Å². The van der Waals surface area contributed by atoms with E-state index in [4.69, 9.17) is 5.73 Å². The van der Waals surface area contributed by atoms with Gasteiger partial charge in [0.2, 0.25) is 0 Å². The van der Waals surface area contributed by atoms with Crippen molar-refractivity contribution in [2.24, 2.45) is 5.92 Å². The van der Waals surface area contributed by atoms with E-state index in [-0.39, 0.29) is 0 Å². The molecule has 0 fully saturated rings. The number of nitrogen functional groups attached to an aromatic ring is 1. The largest absolute Gasteiger partial charge is 0.383 e. The van der Waals surface area contributed by atoms with Gasteiger partial charge in [0.1, 0.15) is 17.5 Å². The number of nitrogens with two attached hydrogens (primary N) is 1. The fourth-order valence-electron chi connectivity index (χ4n) is 1.80. The molecule has 0 amide bonds. The summed E-state index contributed by atoms with van der Waals surface area (Å²) >= 11 is 0. The molecule has 1 aromatic rings. The lowest BCUT2D eigenvalue weighted by molar-refractivity contribution is 0.488. The SMILES string of the molecule is CCN(CC)c1nn(CC(C)C)c(N)c1C#N. The van der Waals surface area contributed by atoms with Gasteiger partial charge in [-0.2, -0.15) is 10.4 Å². The van der Waals surface area contributed by atoms with Crippen molar-refractivity contribution in [3.8, 4) is 6.07 Å². The molecule has 0 bridgehead atoms. The van der Waals surface area contributed by atoms with Gasteiger partial charge in [-0.3, -0.25) is 0 Å². The van der Waals surface area contributed by atoms with Gasteiger partial charge in [-0.15, -0.1) is 0 Å². The van der Waals surface area contributed by atoms with Gasteiger partial charge < -0.3 is 10.6 Å². The van der Waals surface area contributed by atoms with Gasteiger partial charge in [0.15, 0.2) is 5.82 Å². The van der Waals surface area contributed by atoms with Crippen LogP contribution in [0.2, 0.25) is 0 Å². The molecule has 0 saturated carbocycles. The Balaban J connectivity index is 3.18. The van der Waals surface area contributed by atoms with E-state index in [1.165, 1.54) is 0 Å². The molecule has 0 atom stereocenters. The molecule has 0 radical (unpaired) electrons. The third-order valence-electron chi connectivity index (χ3n) is 2.69. The molecular weight excluding hydrogens is 214 g/mol. The van der Waals surface area contributed by atoms with Crippen molar-refractivity contribution in [2.75, 3.05) is 23.7 Å². The summed E-state index contributed by atoms with van der Waals surface area (Å²) in [6, 6.07) is 2.16. The maximum atomic E-state index is 9.18. The number of hydrogen-bond donors (Lipinski definition) is 1. The number of rotatable bonds is 5. The monoisotopic (exact) mass is 235 g/mol. The molecule has 0 aliphatic rings. The van der Waals surface area contributed by atoms with Crippen LogP contribution < -0.4 is 10.6 Å². The number of nitrogens with zero attached hydrogens (tertiary/aromatic N) is 4. The Bertz CT molecular complexity index is 409. The second-order valence-corrected chi connectivity index (χ2v) is 4.44. The average molecular weight is 235 g/mol. The van der Waals surface area contributed by atoms with Crippen molar-refractivity contribution in [1.29, 1.82) is 5.26 Å². The first-order valence-electron chi connectivity index (χ1n) is 6.06. The van der Waals surface area contributed by atoms with Crippen LogP contribution in [-0.2, 0) is 6.54 Å². The van der Waals surface area contributed by atoms with Crippen LogP contribution in [0.3, 0.4) is 0 Å². The third kappa shape index (κ3) is 2.70. The van der Waals surface area contributed by atoms with Gasteiger partial charge >= 0.3 is 0 Å². The molecule has 94 valence electrons. The van der Waals surface area contributed by atoms with E-state index in [9.17, 15) is 5.26 Å². The van der Waals surface area contributed by atoms with Crippen molar-refractivity contribution >= 4 is 11.6 Å². The molecule has 2 N–H and O–H groups in total. The fraction of sp³-hybridized carbons (Fsp3) is 0.667. The highest BCUT2D eigenvalue weighted by Crippen LogP contribution is 2.24. The molecule has 0 aromatic carbocycles. The molecule has 0 unspecified atom stereocenters. The normalized spacial score (nSPS) is 10.6. The third-order valence-corrected chi connectivity index (χ3v) is 2.69. The molecule has 1 aromatic heterocycles. The van der Waals surface area contributed by atoms with Crippen LogP contribution >= 0.6 is 0 Å². The molecule has 0 aliphatic carbocycles. The van der Waals surface area contributed by atoms with Crippen molar-refractivity contribution in [1.82, 2.24) is 9.78 Å². The Morgan fingerprint density at radius 2 is 2.00 bits per heavy atom. The second kappa shape index (κ2) is 5.58. The predicted octanol–water partition coefficient (Wildman–Crippen LogP) is 1.84. The van der Waals surface area contributed by atoms with Crippen LogP contribution in [-0.4, -0.2) is 22.9 Å². The van der Waals surface area contributed by atoms with Crippen LogP contribution in [0.4, 0.5) is 11.6 Å². The molecule has 1 heterocycles. The molecule has 17 heavy (non-hydrogen) atoms. The van der Waals surface area contributed by atoms with Crippen LogP contribution in [0.1, 0.15) is 33.3 Å². The Morgan fingerprint density at radius 3 is 2.41 bits per heavy atom. The van der Waals surface area contributed by atoms with Crippen LogP contribution in [0.5, 0.6) is 0 Å². The first-order valence-corrected chi connectivity index (χ1v) is 6.06. The summed E-state index contributed by atoms with van der Waals surface area (Å²) in [5, 5.41) is 13.6. The lowest BCUT2D eigenvalue weighted by Crippen LogP contribution is -2.23. The molecular formula is C12H21N5. The molecule has 5 heteroatoms. The van der Waals surface area contributed by atoms with Gasteiger partial charge in [-0.1, -0.05) is 13.8 Å². The lowest BCUT2D eigenvalue weighted by atomic mass is 10.2. The summed E-state index contributed by atoms with van der Waals surface area (Å²) in [4.78, 5) is 2.05. The summed E-state index contributed by atoms with van der Waals surface area (Å²) in [5.41, 5.74) is 6.46. The Hall–Kier alpha value is -1.70. The summed E-state index contributed by atoms with van der Waals surface area (Å²) in [7, 11) is 0. The van der Waals surface area contributed by atoms with E-state index in [1.807, 2.05) is 18.7 Å². The summed E-state index contributed by atoms with van der Waals surface area (Å²) < 4.78 is 1.73. The van der Waals surface area contributed by atoms with Crippen LogP contribution in [0, 0.1) is 17.2 Å². The van der Waals surface area contributed by atoms with E-state index >= 15 is 0 Å². The second-order valence-electron chi connectivity index (χ2n) is 4.44. The molecule has 1 rings (SSSR count).